The van der Waals surface area contributed by atoms with E-state index < -0.39 is 5.91 Å². The summed E-state index contributed by atoms with van der Waals surface area (Å²) in [5.74, 6) is 4.51. The number of hydrogen-bond acceptors (Lipinski definition) is 5. The van der Waals surface area contributed by atoms with Crippen molar-refractivity contribution in [3.63, 3.8) is 0 Å². The quantitative estimate of drug-likeness (QED) is 0.424. The molecular formula is C19H22ClN7O2S. The first-order chi connectivity index (χ1) is 14.5. The molecule has 1 saturated carbocycles. The van der Waals surface area contributed by atoms with E-state index in [-0.39, 0.29) is 24.2 Å². The van der Waals surface area contributed by atoms with Crippen molar-refractivity contribution in [2.45, 2.75) is 37.2 Å². The van der Waals surface area contributed by atoms with E-state index in [1.54, 1.807) is 27.8 Å². The molecule has 0 unspecified atom stereocenters. The molecule has 1 aromatic carbocycles. The summed E-state index contributed by atoms with van der Waals surface area (Å²) < 4.78 is 1.74. The van der Waals surface area contributed by atoms with Crippen LogP contribution in [0.3, 0.4) is 0 Å². The SMILES string of the molecule is CS[C@H]1C[C@@H](NC(=O)N2CCn3nc(-c4cccc(Cl)c4)c(C(=O)N=NN)c3C2)C1. The second-order valence-corrected chi connectivity index (χ2v) is 8.90. The van der Waals surface area contributed by atoms with Crippen molar-refractivity contribution < 1.29 is 9.59 Å². The predicted molar refractivity (Wildman–Crippen MR) is 115 cm³/mol. The molecule has 11 heteroatoms. The third-order valence-corrected chi connectivity index (χ3v) is 6.77. The van der Waals surface area contributed by atoms with Crippen LogP contribution in [0, 0.1) is 0 Å². The summed E-state index contributed by atoms with van der Waals surface area (Å²) in [5, 5.41) is 15.5. The average Bonchev–Trinajstić information content (AvgIpc) is 3.09. The number of carbonyl (C=O) groups excluding carboxylic acids is 2. The van der Waals surface area contributed by atoms with E-state index in [1.165, 1.54) is 0 Å². The molecule has 3 N–H and O–H groups in total. The average molecular weight is 448 g/mol. The highest BCUT2D eigenvalue weighted by atomic mass is 35.5. The Kier molecular flexibility index (Phi) is 5.96. The van der Waals surface area contributed by atoms with Crippen LogP contribution < -0.4 is 11.2 Å². The fourth-order valence-electron chi connectivity index (χ4n) is 3.80. The lowest BCUT2D eigenvalue weighted by molar-refractivity contribution is 0.0990. The molecule has 0 bridgehead atoms. The lowest BCUT2D eigenvalue weighted by Crippen LogP contribution is -2.52. The molecule has 4 rings (SSSR count). The molecule has 0 spiro atoms. The molecule has 2 aliphatic rings. The third kappa shape index (κ3) is 4.01. The minimum Gasteiger partial charge on any atom is -0.335 e. The highest BCUT2D eigenvalue weighted by Gasteiger charge is 2.34. The molecule has 2 heterocycles. The van der Waals surface area contributed by atoms with Crippen molar-refractivity contribution in [1.29, 1.82) is 0 Å². The van der Waals surface area contributed by atoms with Crippen LogP contribution in [0.5, 0.6) is 0 Å². The van der Waals surface area contributed by atoms with Crippen LogP contribution in [-0.4, -0.2) is 50.7 Å². The maximum Gasteiger partial charge on any atom is 0.318 e. The Hall–Kier alpha value is -2.59. The van der Waals surface area contributed by atoms with Gasteiger partial charge in [0.1, 0.15) is 5.69 Å². The Bertz CT molecular complexity index is 1000. The van der Waals surface area contributed by atoms with Crippen LogP contribution in [0.2, 0.25) is 5.02 Å². The maximum atomic E-state index is 12.7. The first-order valence-electron chi connectivity index (χ1n) is 9.59. The lowest BCUT2D eigenvalue weighted by atomic mass is 9.92. The van der Waals surface area contributed by atoms with Gasteiger partial charge in [-0.25, -0.2) is 4.79 Å². The largest absolute Gasteiger partial charge is 0.335 e. The molecule has 1 aromatic heterocycles. The molecule has 0 saturated heterocycles. The number of nitrogens with zero attached hydrogens (tertiary/aromatic N) is 5. The van der Waals surface area contributed by atoms with E-state index in [0.29, 0.717) is 40.3 Å². The molecule has 1 fully saturated rings. The van der Waals surface area contributed by atoms with Crippen molar-refractivity contribution in [2.24, 2.45) is 16.2 Å². The minimum absolute atomic E-state index is 0.129. The maximum absolute atomic E-state index is 12.7. The topological polar surface area (TPSA) is 118 Å². The Balaban J connectivity index is 1.61. The number of rotatable bonds is 4. The zero-order valence-corrected chi connectivity index (χ0v) is 18.0. The van der Waals surface area contributed by atoms with E-state index in [4.69, 9.17) is 17.4 Å². The second kappa shape index (κ2) is 8.65. The standard InChI is InChI=1S/C19H22ClN7O2S/c1-30-14-8-13(9-14)22-19(29)26-5-6-27-15(10-26)16(18(28)23-25-21)17(24-27)11-3-2-4-12(20)7-11/h2-4,7,13-14H,5-6,8-10H2,1H3,(H,22,29)(H2,21,23,28)/t13-,14+. The van der Waals surface area contributed by atoms with Gasteiger partial charge in [-0.2, -0.15) is 16.9 Å². The van der Waals surface area contributed by atoms with E-state index >= 15 is 0 Å². The van der Waals surface area contributed by atoms with Crippen molar-refractivity contribution in [2.75, 3.05) is 12.8 Å². The molecule has 9 nitrogen and oxygen atoms in total. The van der Waals surface area contributed by atoms with Crippen LogP contribution in [0.4, 0.5) is 4.79 Å². The van der Waals surface area contributed by atoms with Crippen LogP contribution in [0.15, 0.2) is 34.6 Å². The number of hydrogen-bond donors (Lipinski definition) is 2. The van der Waals surface area contributed by atoms with E-state index in [9.17, 15) is 9.59 Å². The molecule has 0 atom stereocenters. The molecule has 1 aliphatic heterocycles. The van der Waals surface area contributed by atoms with Gasteiger partial charge in [0.05, 0.1) is 24.3 Å². The molecular weight excluding hydrogens is 426 g/mol. The smallest absolute Gasteiger partial charge is 0.318 e. The van der Waals surface area contributed by atoms with Crippen LogP contribution >= 0.6 is 23.4 Å². The number of urea groups is 1. The van der Waals surface area contributed by atoms with Gasteiger partial charge in [-0.3, -0.25) is 9.48 Å². The summed E-state index contributed by atoms with van der Waals surface area (Å²) in [6.07, 6.45) is 4.06. The molecule has 0 radical (unpaired) electrons. The van der Waals surface area contributed by atoms with E-state index in [0.717, 1.165) is 12.8 Å². The van der Waals surface area contributed by atoms with E-state index in [1.807, 2.05) is 17.8 Å². The van der Waals surface area contributed by atoms with Gasteiger partial charge in [0.25, 0.3) is 0 Å². The molecule has 30 heavy (non-hydrogen) atoms. The second-order valence-electron chi connectivity index (χ2n) is 7.32. The van der Waals surface area contributed by atoms with Gasteiger partial charge in [-0.1, -0.05) is 34.1 Å². The number of fused-ring (bicyclic) bond motifs is 1. The molecule has 2 aromatic rings. The first kappa shape index (κ1) is 20.7. The van der Waals surface area contributed by atoms with Crippen LogP contribution in [0.25, 0.3) is 11.3 Å². The lowest BCUT2D eigenvalue weighted by Gasteiger charge is -2.37. The Morgan fingerprint density at radius 3 is 2.83 bits per heavy atom. The van der Waals surface area contributed by atoms with Crippen molar-refractivity contribution in [3.8, 4) is 11.3 Å². The summed E-state index contributed by atoms with van der Waals surface area (Å²) in [5.41, 5.74) is 2.04. The van der Waals surface area contributed by atoms with Crippen molar-refractivity contribution in [3.05, 3.63) is 40.5 Å². The van der Waals surface area contributed by atoms with Gasteiger partial charge < -0.3 is 16.1 Å². The van der Waals surface area contributed by atoms with Crippen molar-refractivity contribution >= 4 is 35.3 Å². The minimum atomic E-state index is -0.599. The number of carbonyl (C=O) groups is 2. The first-order valence-corrected chi connectivity index (χ1v) is 11.3. The summed E-state index contributed by atoms with van der Waals surface area (Å²) in [6.45, 7) is 1.22. The van der Waals surface area contributed by atoms with Gasteiger partial charge in [-0.15, -0.1) is 0 Å². The van der Waals surface area contributed by atoms with Gasteiger partial charge in [-0.05, 0) is 31.2 Å². The normalized spacial score (nSPS) is 20.7. The Labute approximate surface area is 183 Å². The van der Waals surface area contributed by atoms with Crippen LogP contribution in [0.1, 0.15) is 28.9 Å². The highest BCUT2D eigenvalue weighted by molar-refractivity contribution is 7.99. The number of nitrogens with one attached hydrogen (secondary N) is 1. The number of aromatic nitrogens is 2. The Morgan fingerprint density at radius 2 is 2.13 bits per heavy atom. The van der Waals surface area contributed by atoms with Gasteiger partial charge in [0.15, 0.2) is 0 Å². The van der Waals surface area contributed by atoms with Gasteiger partial charge >= 0.3 is 11.9 Å². The zero-order valence-electron chi connectivity index (χ0n) is 16.4. The fourth-order valence-corrected chi connectivity index (χ4v) is 4.84. The number of nitrogens with two attached hydrogens (primary N) is 1. The van der Waals surface area contributed by atoms with Crippen molar-refractivity contribution in [1.82, 2.24) is 20.0 Å². The summed E-state index contributed by atoms with van der Waals surface area (Å²) in [4.78, 5) is 27.1. The number of amides is 3. The van der Waals surface area contributed by atoms with Crippen LogP contribution in [-0.2, 0) is 13.1 Å². The Morgan fingerprint density at radius 1 is 1.33 bits per heavy atom. The molecule has 1 aliphatic carbocycles. The monoisotopic (exact) mass is 447 g/mol. The number of thioether (sulfide) groups is 1. The molecule has 158 valence electrons. The zero-order chi connectivity index (χ0) is 21.3. The number of halogens is 1. The predicted octanol–water partition coefficient (Wildman–Crippen LogP) is 3.09. The third-order valence-electron chi connectivity index (χ3n) is 5.48. The summed E-state index contributed by atoms with van der Waals surface area (Å²) in [6, 6.07) is 7.16. The summed E-state index contributed by atoms with van der Waals surface area (Å²) in [7, 11) is 0. The van der Waals surface area contributed by atoms with Gasteiger partial charge in [0, 0.05) is 28.4 Å². The van der Waals surface area contributed by atoms with Gasteiger partial charge in [0.2, 0.25) is 0 Å². The number of benzene rings is 1. The van der Waals surface area contributed by atoms with E-state index in [2.05, 4.69) is 27.0 Å². The highest BCUT2D eigenvalue weighted by Crippen LogP contribution is 2.32. The fraction of sp³-hybridized carbons (Fsp3) is 0.421. The molecule has 3 amide bonds. The summed E-state index contributed by atoms with van der Waals surface area (Å²) >= 11 is 7.95.